The van der Waals surface area contributed by atoms with Crippen molar-refractivity contribution in [3.8, 4) is 23.0 Å². The van der Waals surface area contributed by atoms with Crippen LogP contribution in [-0.4, -0.2) is 40.3 Å². The van der Waals surface area contributed by atoms with Crippen LogP contribution in [-0.2, 0) is 9.53 Å². The lowest BCUT2D eigenvalue weighted by Gasteiger charge is -2.09. The van der Waals surface area contributed by atoms with Crippen LogP contribution in [0.5, 0.6) is 23.0 Å². The highest BCUT2D eigenvalue weighted by molar-refractivity contribution is 6.11. The van der Waals surface area contributed by atoms with Crippen LogP contribution >= 0.6 is 0 Å². The van der Waals surface area contributed by atoms with Crippen molar-refractivity contribution in [2.24, 2.45) is 0 Å². The summed E-state index contributed by atoms with van der Waals surface area (Å²) < 4.78 is 10.1. The monoisotopic (exact) mass is 344 g/mol. The maximum atomic E-state index is 12.3. The third kappa shape index (κ3) is 4.29. The van der Waals surface area contributed by atoms with Crippen LogP contribution in [0.2, 0.25) is 0 Å². The lowest BCUT2D eigenvalue weighted by molar-refractivity contribution is -0.138. The number of rotatable bonds is 7. The topological polar surface area (TPSA) is 113 Å². The molecule has 0 unspecified atom stereocenters. The van der Waals surface area contributed by atoms with Crippen LogP contribution in [0, 0.1) is 0 Å². The van der Waals surface area contributed by atoms with Gasteiger partial charge in [-0.2, -0.15) is 0 Å². The lowest BCUT2D eigenvalue weighted by atomic mass is 10.0. The number of benzene rings is 2. The number of esters is 1. The average Bonchev–Trinajstić information content (AvgIpc) is 2.63. The molecule has 130 valence electrons. The highest BCUT2D eigenvalue weighted by atomic mass is 16.6. The molecule has 0 aliphatic carbocycles. The maximum absolute atomic E-state index is 12.3. The summed E-state index contributed by atoms with van der Waals surface area (Å²) in [7, 11) is 0. The number of hydrogen-bond donors (Lipinski definition) is 3. The standard InChI is InChI=1S/C18H16O7/c1-2-15(20)25-10-9-24-12-5-3-11(4-6-12)16(21)13-7-8-14(19)18(23)17(13)22/h2-8,19,22-23H,1,9-10H2. The summed E-state index contributed by atoms with van der Waals surface area (Å²) >= 11 is 0. The number of carbonyl (C=O) groups is 2. The van der Waals surface area contributed by atoms with E-state index in [4.69, 9.17) is 9.47 Å². The minimum absolute atomic E-state index is 0.0617. The Balaban J connectivity index is 2.02. The van der Waals surface area contributed by atoms with Gasteiger partial charge in [0.05, 0.1) is 5.56 Å². The van der Waals surface area contributed by atoms with Gasteiger partial charge in [0.25, 0.3) is 0 Å². The normalized spacial score (nSPS) is 10.1. The van der Waals surface area contributed by atoms with Crippen molar-refractivity contribution in [1.82, 2.24) is 0 Å². The molecule has 0 bridgehead atoms. The molecule has 2 rings (SSSR count). The molecule has 0 aromatic heterocycles. The SMILES string of the molecule is C=CC(=O)OCCOc1ccc(C(=O)c2ccc(O)c(O)c2O)cc1. The molecule has 0 atom stereocenters. The molecule has 0 radical (unpaired) electrons. The molecule has 0 spiro atoms. The fourth-order valence-corrected chi connectivity index (χ4v) is 1.97. The van der Waals surface area contributed by atoms with Gasteiger partial charge in [0.2, 0.25) is 5.75 Å². The minimum atomic E-state index is -0.750. The van der Waals surface area contributed by atoms with Gasteiger partial charge in [0.15, 0.2) is 17.3 Å². The highest BCUT2D eigenvalue weighted by Crippen LogP contribution is 2.37. The lowest BCUT2D eigenvalue weighted by Crippen LogP contribution is -2.10. The third-order valence-electron chi connectivity index (χ3n) is 3.25. The molecule has 2 aromatic carbocycles. The van der Waals surface area contributed by atoms with Gasteiger partial charge in [-0.25, -0.2) is 4.79 Å². The fraction of sp³-hybridized carbons (Fsp3) is 0.111. The van der Waals surface area contributed by atoms with E-state index in [1.807, 2.05) is 0 Å². The van der Waals surface area contributed by atoms with E-state index in [-0.39, 0.29) is 24.3 Å². The van der Waals surface area contributed by atoms with Gasteiger partial charge in [0, 0.05) is 11.6 Å². The second-order valence-electron chi connectivity index (χ2n) is 4.90. The van der Waals surface area contributed by atoms with Gasteiger partial charge in [-0.15, -0.1) is 0 Å². The van der Waals surface area contributed by atoms with E-state index in [2.05, 4.69) is 6.58 Å². The molecule has 7 nitrogen and oxygen atoms in total. The number of ether oxygens (including phenoxy) is 2. The molecular formula is C18H16O7. The van der Waals surface area contributed by atoms with Crippen LogP contribution in [0.15, 0.2) is 49.1 Å². The van der Waals surface area contributed by atoms with E-state index in [1.54, 1.807) is 12.1 Å². The highest BCUT2D eigenvalue weighted by Gasteiger charge is 2.18. The molecule has 3 N–H and O–H groups in total. The molecule has 0 heterocycles. The van der Waals surface area contributed by atoms with E-state index < -0.39 is 29.0 Å². The first-order chi connectivity index (χ1) is 11.9. The first-order valence-corrected chi connectivity index (χ1v) is 7.24. The fourth-order valence-electron chi connectivity index (χ4n) is 1.97. The Hall–Kier alpha value is -3.48. The van der Waals surface area contributed by atoms with Crippen molar-refractivity contribution in [1.29, 1.82) is 0 Å². The van der Waals surface area contributed by atoms with Crippen LogP contribution in [0.1, 0.15) is 15.9 Å². The number of hydrogen-bond acceptors (Lipinski definition) is 7. The number of phenolic OH excluding ortho intramolecular Hbond substituents is 3. The Morgan fingerprint density at radius 1 is 0.960 bits per heavy atom. The first-order valence-electron chi connectivity index (χ1n) is 7.24. The molecule has 7 heteroatoms. The first kappa shape index (κ1) is 17.9. The van der Waals surface area contributed by atoms with Crippen LogP contribution in [0.3, 0.4) is 0 Å². The Kier molecular flexibility index (Phi) is 5.62. The number of phenols is 3. The van der Waals surface area contributed by atoms with Crippen LogP contribution < -0.4 is 4.74 Å². The molecule has 0 aliphatic heterocycles. The van der Waals surface area contributed by atoms with E-state index >= 15 is 0 Å². The minimum Gasteiger partial charge on any atom is -0.504 e. The van der Waals surface area contributed by atoms with Gasteiger partial charge in [0.1, 0.15) is 19.0 Å². The Labute approximate surface area is 143 Å². The number of aromatic hydroxyl groups is 3. The summed E-state index contributed by atoms with van der Waals surface area (Å²) in [5.41, 5.74) is 0.117. The molecule has 0 saturated carbocycles. The summed E-state index contributed by atoms with van der Waals surface area (Å²) in [6.45, 7) is 3.47. The van der Waals surface area contributed by atoms with Crippen LogP contribution in [0.4, 0.5) is 0 Å². The van der Waals surface area contributed by atoms with Crippen molar-refractivity contribution in [3.63, 3.8) is 0 Å². The molecule has 0 fully saturated rings. The number of ketones is 1. The Morgan fingerprint density at radius 3 is 2.28 bits per heavy atom. The average molecular weight is 344 g/mol. The molecule has 25 heavy (non-hydrogen) atoms. The summed E-state index contributed by atoms with van der Waals surface area (Å²) in [6.07, 6.45) is 1.05. The van der Waals surface area contributed by atoms with Crippen molar-refractivity contribution in [2.45, 2.75) is 0 Å². The molecular weight excluding hydrogens is 328 g/mol. The van der Waals surface area contributed by atoms with Crippen molar-refractivity contribution in [2.75, 3.05) is 13.2 Å². The van der Waals surface area contributed by atoms with Crippen molar-refractivity contribution < 1.29 is 34.4 Å². The summed E-state index contributed by atoms with van der Waals surface area (Å²) in [5, 5.41) is 28.6. The van der Waals surface area contributed by atoms with Gasteiger partial charge in [-0.05, 0) is 36.4 Å². The predicted molar refractivity (Wildman–Crippen MR) is 88.0 cm³/mol. The summed E-state index contributed by atoms with van der Waals surface area (Å²) in [5.74, 6) is -2.56. The van der Waals surface area contributed by atoms with E-state index in [1.165, 1.54) is 18.2 Å². The van der Waals surface area contributed by atoms with E-state index in [0.29, 0.717) is 5.75 Å². The second-order valence-corrected chi connectivity index (χ2v) is 4.90. The summed E-state index contributed by atoms with van der Waals surface area (Å²) in [6, 6.07) is 8.38. The third-order valence-corrected chi connectivity index (χ3v) is 3.25. The number of carbonyl (C=O) groups excluding carboxylic acids is 2. The largest absolute Gasteiger partial charge is 0.504 e. The zero-order chi connectivity index (χ0) is 18.4. The Bertz CT molecular complexity index is 794. The molecule has 0 saturated heterocycles. The van der Waals surface area contributed by atoms with Crippen molar-refractivity contribution in [3.05, 3.63) is 60.2 Å². The van der Waals surface area contributed by atoms with Crippen molar-refractivity contribution >= 4 is 11.8 Å². The van der Waals surface area contributed by atoms with E-state index in [9.17, 15) is 24.9 Å². The molecule has 0 aliphatic rings. The zero-order valence-corrected chi connectivity index (χ0v) is 13.1. The van der Waals surface area contributed by atoms with Gasteiger partial charge < -0.3 is 24.8 Å². The predicted octanol–water partition coefficient (Wildman–Crippen LogP) is 2.14. The van der Waals surface area contributed by atoms with E-state index in [0.717, 1.165) is 12.1 Å². The second kappa shape index (κ2) is 7.87. The van der Waals surface area contributed by atoms with Gasteiger partial charge >= 0.3 is 5.97 Å². The van der Waals surface area contributed by atoms with Gasteiger partial charge in [-0.1, -0.05) is 6.58 Å². The zero-order valence-electron chi connectivity index (χ0n) is 13.1. The summed E-state index contributed by atoms with van der Waals surface area (Å²) in [4.78, 5) is 23.2. The smallest absolute Gasteiger partial charge is 0.330 e. The maximum Gasteiger partial charge on any atom is 0.330 e. The quantitative estimate of drug-likeness (QED) is 0.232. The molecule has 0 amide bonds. The van der Waals surface area contributed by atoms with Crippen LogP contribution in [0.25, 0.3) is 0 Å². The molecule has 2 aromatic rings. The van der Waals surface area contributed by atoms with Gasteiger partial charge in [-0.3, -0.25) is 4.79 Å². The Morgan fingerprint density at radius 2 is 1.64 bits per heavy atom.